The van der Waals surface area contributed by atoms with Crippen molar-refractivity contribution < 1.29 is 13.2 Å². The molecule has 0 bridgehead atoms. The predicted molar refractivity (Wildman–Crippen MR) is 73.9 cm³/mol. The summed E-state index contributed by atoms with van der Waals surface area (Å²) in [6, 6.07) is 2.56. The molecule has 0 fully saturated rings. The maximum Gasteiger partial charge on any atom is 0.134 e. The van der Waals surface area contributed by atoms with Crippen molar-refractivity contribution >= 4 is 27.3 Å². The lowest BCUT2D eigenvalue weighted by Crippen LogP contribution is -2.23. The van der Waals surface area contributed by atoms with Gasteiger partial charge >= 0.3 is 0 Å². The molecule has 1 aromatic heterocycles. The van der Waals surface area contributed by atoms with Gasteiger partial charge < -0.3 is 5.32 Å². The fourth-order valence-electron chi connectivity index (χ4n) is 1.89. The zero-order chi connectivity index (χ0) is 14.0. The second-order valence-electron chi connectivity index (χ2n) is 3.96. The number of rotatable bonds is 4. The van der Waals surface area contributed by atoms with E-state index in [9.17, 15) is 13.2 Å². The molecule has 1 aromatic carbocycles. The summed E-state index contributed by atoms with van der Waals surface area (Å²) in [6.45, 7) is 2.38. The lowest BCUT2D eigenvalue weighted by Gasteiger charge is -2.18. The molecule has 1 nitrogen and oxygen atoms in total. The summed E-state index contributed by atoms with van der Waals surface area (Å²) in [4.78, 5) is 0. The molecule has 0 saturated carbocycles. The van der Waals surface area contributed by atoms with E-state index in [1.807, 2.05) is 6.92 Å². The van der Waals surface area contributed by atoms with Crippen LogP contribution in [0.15, 0.2) is 27.4 Å². The molecule has 1 N–H and O–H groups in total. The average Bonchev–Trinajstić information content (AvgIpc) is 2.73. The lowest BCUT2D eigenvalue weighted by molar-refractivity contribution is 0.492. The Kier molecular flexibility index (Phi) is 4.65. The van der Waals surface area contributed by atoms with Gasteiger partial charge in [0.15, 0.2) is 0 Å². The van der Waals surface area contributed by atoms with E-state index in [0.717, 1.165) is 9.35 Å². The van der Waals surface area contributed by atoms with Crippen molar-refractivity contribution in [1.82, 2.24) is 5.32 Å². The van der Waals surface area contributed by atoms with Crippen molar-refractivity contribution in [2.24, 2.45) is 0 Å². The summed E-state index contributed by atoms with van der Waals surface area (Å²) in [6.07, 6.45) is 0. The van der Waals surface area contributed by atoms with Gasteiger partial charge in [0.25, 0.3) is 0 Å². The maximum atomic E-state index is 13.8. The van der Waals surface area contributed by atoms with Crippen LogP contribution in [0.25, 0.3) is 0 Å². The molecule has 19 heavy (non-hydrogen) atoms. The Morgan fingerprint density at radius 1 is 1.21 bits per heavy atom. The molecule has 102 valence electrons. The van der Waals surface area contributed by atoms with Gasteiger partial charge in [-0.3, -0.25) is 0 Å². The Balaban J connectivity index is 2.51. The molecule has 0 aliphatic carbocycles. The van der Waals surface area contributed by atoms with E-state index in [1.54, 1.807) is 11.4 Å². The van der Waals surface area contributed by atoms with Crippen LogP contribution in [0, 0.1) is 17.5 Å². The minimum atomic E-state index is -0.916. The van der Waals surface area contributed by atoms with Gasteiger partial charge in [-0.05, 0) is 39.5 Å². The van der Waals surface area contributed by atoms with E-state index in [1.165, 1.54) is 11.3 Å². The third-order valence-corrected chi connectivity index (χ3v) is 4.18. The normalized spacial score (nSPS) is 12.7. The number of benzene rings is 1. The van der Waals surface area contributed by atoms with Crippen LogP contribution in [0.5, 0.6) is 0 Å². The second-order valence-corrected chi connectivity index (χ2v) is 6.25. The van der Waals surface area contributed by atoms with Crippen LogP contribution in [0.3, 0.4) is 0 Å². The zero-order valence-electron chi connectivity index (χ0n) is 10.0. The van der Waals surface area contributed by atoms with Crippen LogP contribution in [-0.4, -0.2) is 6.54 Å². The zero-order valence-corrected chi connectivity index (χ0v) is 12.4. The lowest BCUT2D eigenvalue weighted by atomic mass is 10.00. The Labute approximate surface area is 121 Å². The molecule has 2 rings (SSSR count). The highest BCUT2D eigenvalue weighted by molar-refractivity contribution is 9.11. The van der Waals surface area contributed by atoms with Gasteiger partial charge in [-0.15, -0.1) is 11.3 Å². The highest BCUT2D eigenvalue weighted by Gasteiger charge is 2.23. The van der Waals surface area contributed by atoms with Crippen LogP contribution in [-0.2, 0) is 0 Å². The first kappa shape index (κ1) is 14.6. The Morgan fingerprint density at radius 3 is 2.32 bits per heavy atom. The number of thiophene rings is 1. The SMILES string of the molecule is CCNC(c1csc(Br)c1)c1c(F)cc(F)cc1F. The molecule has 1 unspecified atom stereocenters. The fraction of sp³-hybridized carbons (Fsp3) is 0.231. The summed E-state index contributed by atoms with van der Waals surface area (Å²) < 4.78 is 41.5. The largest absolute Gasteiger partial charge is 0.306 e. The molecule has 0 aliphatic rings. The third-order valence-electron chi connectivity index (χ3n) is 2.66. The quantitative estimate of drug-likeness (QED) is 0.848. The summed E-state index contributed by atoms with van der Waals surface area (Å²) in [5, 5.41) is 4.82. The Hall–Kier alpha value is -0.850. The summed E-state index contributed by atoms with van der Waals surface area (Å²) >= 11 is 4.74. The standard InChI is InChI=1S/C13H11BrF3NS/c1-2-18-13(7-3-11(14)19-6-7)12-9(16)4-8(15)5-10(12)17/h3-6,13,18H,2H2,1H3. The first-order valence-corrected chi connectivity index (χ1v) is 7.32. The predicted octanol–water partition coefficient (Wildman–Crippen LogP) is 4.63. The van der Waals surface area contributed by atoms with Gasteiger partial charge in [-0.2, -0.15) is 0 Å². The highest BCUT2D eigenvalue weighted by atomic mass is 79.9. The van der Waals surface area contributed by atoms with E-state index >= 15 is 0 Å². The molecule has 1 heterocycles. The molecule has 1 atom stereocenters. The molecule has 0 amide bonds. The second kappa shape index (κ2) is 6.07. The van der Waals surface area contributed by atoms with E-state index < -0.39 is 23.5 Å². The molecule has 0 radical (unpaired) electrons. The minimum absolute atomic E-state index is 0.159. The summed E-state index contributed by atoms with van der Waals surface area (Å²) in [5.74, 6) is -2.68. The molecule has 2 aromatic rings. The topological polar surface area (TPSA) is 12.0 Å². The van der Waals surface area contributed by atoms with Crippen molar-refractivity contribution in [3.63, 3.8) is 0 Å². The van der Waals surface area contributed by atoms with Gasteiger partial charge in [0.2, 0.25) is 0 Å². The first-order chi connectivity index (χ1) is 9.02. The van der Waals surface area contributed by atoms with Crippen LogP contribution in [0.4, 0.5) is 13.2 Å². The minimum Gasteiger partial charge on any atom is -0.306 e. The Bertz CT molecular complexity index is 562. The molecule has 0 spiro atoms. The van der Waals surface area contributed by atoms with Crippen molar-refractivity contribution in [2.75, 3.05) is 6.54 Å². The molecule has 6 heteroatoms. The maximum absolute atomic E-state index is 13.8. The van der Waals surface area contributed by atoms with Crippen molar-refractivity contribution in [1.29, 1.82) is 0 Å². The van der Waals surface area contributed by atoms with Gasteiger partial charge in [0.1, 0.15) is 17.5 Å². The Morgan fingerprint density at radius 2 is 1.84 bits per heavy atom. The van der Waals surface area contributed by atoms with Crippen molar-refractivity contribution in [3.05, 3.63) is 55.9 Å². The molecular formula is C13H11BrF3NS. The first-order valence-electron chi connectivity index (χ1n) is 5.64. The summed E-state index contributed by atoms with van der Waals surface area (Å²) in [7, 11) is 0. The number of halogens is 4. The van der Waals surface area contributed by atoms with Crippen molar-refractivity contribution in [3.8, 4) is 0 Å². The van der Waals surface area contributed by atoms with Gasteiger partial charge in [-0.25, -0.2) is 13.2 Å². The number of hydrogen-bond acceptors (Lipinski definition) is 2. The monoisotopic (exact) mass is 349 g/mol. The van der Waals surface area contributed by atoms with Crippen LogP contribution in [0.2, 0.25) is 0 Å². The van der Waals surface area contributed by atoms with Gasteiger partial charge in [0.05, 0.1) is 9.83 Å². The number of nitrogens with one attached hydrogen (secondary N) is 1. The van der Waals surface area contributed by atoms with E-state index in [0.29, 0.717) is 18.7 Å². The van der Waals surface area contributed by atoms with E-state index in [-0.39, 0.29) is 5.56 Å². The molecule has 0 saturated heterocycles. The van der Waals surface area contributed by atoms with Gasteiger partial charge in [0, 0.05) is 17.7 Å². The van der Waals surface area contributed by atoms with Crippen LogP contribution in [0.1, 0.15) is 24.1 Å². The molecular weight excluding hydrogens is 339 g/mol. The van der Waals surface area contributed by atoms with Crippen LogP contribution >= 0.6 is 27.3 Å². The average molecular weight is 350 g/mol. The van der Waals surface area contributed by atoms with Crippen LogP contribution < -0.4 is 5.32 Å². The fourth-order valence-corrected chi connectivity index (χ4v) is 3.10. The van der Waals surface area contributed by atoms with Gasteiger partial charge in [-0.1, -0.05) is 6.92 Å². The smallest absolute Gasteiger partial charge is 0.134 e. The van der Waals surface area contributed by atoms with E-state index in [2.05, 4.69) is 21.2 Å². The molecule has 0 aliphatic heterocycles. The van der Waals surface area contributed by atoms with Crippen molar-refractivity contribution in [2.45, 2.75) is 13.0 Å². The number of hydrogen-bond donors (Lipinski definition) is 1. The highest BCUT2D eigenvalue weighted by Crippen LogP contribution is 2.32. The third kappa shape index (κ3) is 3.19. The summed E-state index contributed by atoms with van der Waals surface area (Å²) in [5.41, 5.74) is 0.580. The van der Waals surface area contributed by atoms with E-state index in [4.69, 9.17) is 0 Å².